The molecule has 1 aromatic rings. The third-order valence-corrected chi connectivity index (χ3v) is 2.39. The predicted octanol–water partition coefficient (Wildman–Crippen LogP) is -1.03. The molecule has 0 aliphatic carbocycles. The Bertz CT molecular complexity index is 369. The van der Waals surface area contributed by atoms with Gasteiger partial charge in [0.05, 0.1) is 6.61 Å². The molecule has 0 saturated carbocycles. The molecule has 1 heterocycles. The molecular formula is C8H8BClNO2+. The highest BCUT2D eigenvalue weighted by atomic mass is 35.5. The number of rotatable bonds is 1. The maximum atomic E-state index is 9.38. The van der Waals surface area contributed by atoms with Gasteiger partial charge in [-0.15, -0.1) is 0 Å². The number of nitrogens with one attached hydrogen (secondary N) is 1. The fourth-order valence-electron chi connectivity index (χ4n) is 1.38. The van der Waals surface area contributed by atoms with Crippen molar-refractivity contribution in [1.82, 2.24) is 0 Å². The van der Waals surface area contributed by atoms with E-state index < -0.39 is 7.12 Å². The van der Waals surface area contributed by atoms with Crippen molar-refractivity contribution in [1.29, 1.82) is 0 Å². The number of hydrogen-bond acceptors (Lipinski definition) is 2. The van der Waals surface area contributed by atoms with Gasteiger partial charge in [-0.2, -0.15) is 0 Å². The van der Waals surface area contributed by atoms with Crippen LogP contribution in [0.4, 0.5) is 5.69 Å². The lowest BCUT2D eigenvalue weighted by molar-refractivity contribution is -0.341. The van der Waals surface area contributed by atoms with Gasteiger partial charge in [-0.25, -0.2) is 4.99 Å². The maximum absolute atomic E-state index is 9.38. The summed E-state index contributed by atoms with van der Waals surface area (Å²) >= 11 is 5.92. The lowest BCUT2D eigenvalue weighted by atomic mass is 9.79. The van der Waals surface area contributed by atoms with Gasteiger partial charge in [0.25, 0.3) is 0 Å². The van der Waals surface area contributed by atoms with Gasteiger partial charge in [-0.3, -0.25) is 0 Å². The minimum atomic E-state index is -0.834. The van der Waals surface area contributed by atoms with Crippen LogP contribution in [0.15, 0.2) is 12.1 Å². The third kappa shape index (κ3) is 1.37. The van der Waals surface area contributed by atoms with Crippen molar-refractivity contribution < 1.29 is 14.7 Å². The minimum absolute atomic E-state index is 0.410. The molecule has 5 heteroatoms. The zero-order valence-electron chi connectivity index (χ0n) is 6.88. The molecule has 1 aromatic carbocycles. The number of benzene rings is 1. The van der Waals surface area contributed by atoms with Gasteiger partial charge < -0.3 is 9.68 Å². The number of halogens is 1. The fourth-order valence-corrected chi connectivity index (χ4v) is 1.63. The van der Waals surface area contributed by atoms with Crippen molar-refractivity contribution in [3.8, 4) is 0 Å². The van der Waals surface area contributed by atoms with Crippen molar-refractivity contribution in [3.05, 3.63) is 22.7 Å². The predicted molar refractivity (Wildman–Crippen MR) is 51.6 cm³/mol. The first kappa shape index (κ1) is 8.75. The highest BCUT2D eigenvalue weighted by molar-refractivity contribution is 6.61. The Balaban J connectivity index is 2.57. The fraction of sp³-hybridized carbons (Fsp3) is 0.125. The summed E-state index contributed by atoms with van der Waals surface area (Å²) in [4.78, 5) is 2.70. The van der Waals surface area contributed by atoms with Crippen LogP contribution in [0, 0.1) is 0 Å². The van der Waals surface area contributed by atoms with E-state index in [-0.39, 0.29) is 0 Å². The van der Waals surface area contributed by atoms with Gasteiger partial charge in [-0.05, 0) is 17.1 Å². The summed E-state index contributed by atoms with van der Waals surface area (Å²) in [5, 5.41) is 9.97. The molecule has 0 fully saturated rings. The van der Waals surface area contributed by atoms with Crippen molar-refractivity contribution >= 4 is 36.6 Å². The van der Waals surface area contributed by atoms with E-state index in [4.69, 9.17) is 16.3 Å². The largest absolute Gasteiger partial charge is 0.492 e. The molecule has 0 amide bonds. The molecule has 0 unspecified atom stereocenters. The van der Waals surface area contributed by atoms with E-state index in [2.05, 4.69) is 11.7 Å². The number of fused-ring (bicyclic) bond motifs is 1. The molecule has 0 spiro atoms. The molecule has 0 aromatic heterocycles. The zero-order chi connectivity index (χ0) is 9.42. The molecule has 0 radical (unpaired) electrons. The Kier molecular flexibility index (Phi) is 2.11. The highest BCUT2D eigenvalue weighted by Gasteiger charge is 2.29. The Hall–Kier alpha value is -0.835. The standard InChI is InChI=1S/C8H7BClNO2/c1-11-8-3-6-5(2-7(8)10)4-13-9(6)12/h2-3,12H,1,4H2/p+1. The molecule has 1 aliphatic rings. The molecule has 0 saturated heterocycles. The first-order valence-electron chi connectivity index (χ1n) is 3.87. The second-order valence-corrected chi connectivity index (χ2v) is 3.28. The summed E-state index contributed by atoms with van der Waals surface area (Å²) < 4.78 is 5.03. The summed E-state index contributed by atoms with van der Waals surface area (Å²) in [5.74, 6) is 0. The van der Waals surface area contributed by atoms with Crippen LogP contribution >= 0.6 is 11.6 Å². The summed E-state index contributed by atoms with van der Waals surface area (Å²) in [6.45, 7) is 3.92. The summed E-state index contributed by atoms with van der Waals surface area (Å²) in [6.07, 6.45) is 0. The Morgan fingerprint density at radius 2 is 2.38 bits per heavy atom. The molecule has 66 valence electrons. The van der Waals surface area contributed by atoms with E-state index >= 15 is 0 Å². The Morgan fingerprint density at radius 3 is 3.08 bits per heavy atom. The Morgan fingerprint density at radius 1 is 1.62 bits per heavy atom. The van der Waals surface area contributed by atoms with Crippen molar-refractivity contribution in [3.63, 3.8) is 0 Å². The van der Waals surface area contributed by atoms with Crippen LogP contribution in [0.2, 0.25) is 5.02 Å². The van der Waals surface area contributed by atoms with E-state index in [1.807, 2.05) is 0 Å². The Labute approximate surface area is 81.2 Å². The van der Waals surface area contributed by atoms with Crippen LogP contribution in [0.3, 0.4) is 0 Å². The third-order valence-electron chi connectivity index (χ3n) is 2.08. The number of hydrogen-bond donors (Lipinski definition) is 2. The van der Waals surface area contributed by atoms with Gasteiger partial charge in [0.2, 0.25) is 5.69 Å². The molecule has 13 heavy (non-hydrogen) atoms. The molecule has 2 N–H and O–H groups in total. The zero-order valence-corrected chi connectivity index (χ0v) is 7.64. The lowest BCUT2D eigenvalue weighted by Crippen LogP contribution is -2.58. The monoisotopic (exact) mass is 196 g/mol. The van der Waals surface area contributed by atoms with Crippen LogP contribution in [0.5, 0.6) is 0 Å². The van der Waals surface area contributed by atoms with E-state index in [9.17, 15) is 5.02 Å². The van der Waals surface area contributed by atoms with E-state index in [1.165, 1.54) is 0 Å². The minimum Gasteiger partial charge on any atom is -0.423 e. The average Bonchev–Trinajstić information content (AvgIpc) is 2.46. The molecule has 1 aliphatic heterocycles. The van der Waals surface area contributed by atoms with E-state index in [0.29, 0.717) is 17.3 Å². The van der Waals surface area contributed by atoms with Crippen LogP contribution in [-0.2, 0) is 11.3 Å². The second kappa shape index (κ2) is 3.14. The van der Waals surface area contributed by atoms with Gasteiger partial charge in [0.1, 0.15) is 11.7 Å². The maximum Gasteiger partial charge on any atom is 0.492 e. The van der Waals surface area contributed by atoms with Crippen molar-refractivity contribution in [2.75, 3.05) is 0 Å². The molecule has 2 rings (SSSR count). The van der Waals surface area contributed by atoms with Crippen LogP contribution < -0.4 is 10.5 Å². The van der Waals surface area contributed by atoms with Gasteiger partial charge in [0, 0.05) is 6.07 Å². The summed E-state index contributed by atoms with van der Waals surface area (Å²) in [5.41, 5.74) is 2.39. The molecule has 0 atom stereocenters. The smallest absolute Gasteiger partial charge is 0.423 e. The summed E-state index contributed by atoms with van der Waals surface area (Å²) in [6, 6.07) is 3.53. The van der Waals surface area contributed by atoms with Crippen LogP contribution in [0.25, 0.3) is 0 Å². The molecule has 3 nitrogen and oxygen atoms in total. The van der Waals surface area contributed by atoms with Gasteiger partial charge in [0.15, 0.2) is 0 Å². The SMILES string of the molecule is C=[NH+]c1cc2c(cc1Cl)COB2O. The highest BCUT2D eigenvalue weighted by Crippen LogP contribution is 2.20. The first-order valence-corrected chi connectivity index (χ1v) is 4.25. The lowest BCUT2D eigenvalue weighted by Gasteiger charge is -1.98. The van der Waals surface area contributed by atoms with Crippen LogP contribution in [0.1, 0.15) is 5.56 Å². The second-order valence-electron chi connectivity index (χ2n) is 2.87. The quantitative estimate of drug-likeness (QED) is 0.446. The normalized spacial score (nSPS) is 14.5. The van der Waals surface area contributed by atoms with E-state index in [0.717, 1.165) is 11.0 Å². The molecule has 0 bridgehead atoms. The molecular weight excluding hydrogens is 188 g/mol. The van der Waals surface area contributed by atoms with Gasteiger partial charge >= 0.3 is 7.12 Å². The first-order chi connectivity index (χ1) is 6.22. The van der Waals surface area contributed by atoms with Crippen LogP contribution in [-0.4, -0.2) is 18.9 Å². The van der Waals surface area contributed by atoms with Crippen molar-refractivity contribution in [2.24, 2.45) is 0 Å². The van der Waals surface area contributed by atoms with Gasteiger partial charge in [-0.1, -0.05) is 11.6 Å². The summed E-state index contributed by atoms with van der Waals surface area (Å²) in [7, 11) is -0.834. The van der Waals surface area contributed by atoms with Crippen molar-refractivity contribution in [2.45, 2.75) is 6.61 Å². The van der Waals surface area contributed by atoms with E-state index in [1.54, 1.807) is 12.1 Å². The topological polar surface area (TPSA) is 43.4 Å². The average molecular weight is 196 g/mol.